The summed E-state index contributed by atoms with van der Waals surface area (Å²) in [6.07, 6.45) is 1.15. The number of halogens is 5. The van der Waals surface area contributed by atoms with Gasteiger partial charge in [-0.25, -0.2) is 17.6 Å². The molecular weight excluding hydrogens is 708 g/mol. The van der Waals surface area contributed by atoms with Crippen LogP contribution in [-0.4, -0.2) is 45.0 Å². The Morgan fingerprint density at radius 1 is 0.962 bits per heavy atom. The zero-order valence-electron chi connectivity index (χ0n) is 29.1. The maximum Gasteiger partial charge on any atom is 0.266 e. The number of nitrogens with one attached hydrogen (secondary N) is 2. The van der Waals surface area contributed by atoms with Crippen LogP contribution in [0.3, 0.4) is 0 Å². The Balaban J connectivity index is 1.05. The Morgan fingerprint density at radius 2 is 1.74 bits per heavy atom. The second kappa shape index (κ2) is 15.2. The van der Waals surface area contributed by atoms with Crippen LogP contribution < -0.4 is 10.6 Å². The number of aryl methyl sites for hydroxylation is 1. The minimum Gasteiger partial charge on any atom is -0.361 e. The summed E-state index contributed by atoms with van der Waals surface area (Å²) in [4.78, 5) is 30.8. The number of piperidine rings is 2. The number of nitrogens with zero attached hydrogens (tertiary/aromatic N) is 4. The first-order valence-corrected chi connectivity index (χ1v) is 17.9. The standard InChI is InChI=1S/C40H37ClF4N6O2/c1-21(27-4-3-5-30(37(27)43)38(44)45)47-39-31-18-35(46-19-32(31)22(2)49-50-39)25-7-10-34(42)26(16-25)20-51-14-12-23(13-15-51)28-8-6-24(17-33(28)41)29-9-11-36(52)48-40(29)53/h3-8,10,16-19,21,23,29,38H,9,11-15,20H2,1-2H3,(H,47,50)(H,48,52,53). The first-order valence-electron chi connectivity index (χ1n) is 17.6. The van der Waals surface area contributed by atoms with E-state index in [1.54, 1.807) is 32.2 Å². The molecule has 13 heteroatoms. The Hall–Kier alpha value is -4.94. The maximum absolute atomic E-state index is 15.2. The molecule has 0 aliphatic carbocycles. The number of aromatic nitrogens is 3. The molecule has 3 aromatic carbocycles. The van der Waals surface area contributed by atoms with Crippen LogP contribution in [0.5, 0.6) is 0 Å². The third-order valence-corrected chi connectivity index (χ3v) is 10.7. The fourth-order valence-electron chi connectivity index (χ4n) is 7.39. The average molecular weight is 745 g/mol. The van der Waals surface area contributed by atoms with E-state index in [1.807, 2.05) is 24.3 Å². The number of pyridine rings is 1. The molecule has 2 amide bonds. The highest BCUT2D eigenvalue weighted by molar-refractivity contribution is 6.31. The lowest BCUT2D eigenvalue weighted by Crippen LogP contribution is -2.39. The number of benzene rings is 3. The summed E-state index contributed by atoms with van der Waals surface area (Å²) in [5.74, 6) is -1.69. The molecular formula is C40H37ClF4N6O2. The van der Waals surface area contributed by atoms with Gasteiger partial charge >= 0.3 is 0 Å². The molecule has 8 nitrogen and oxygen atoms in total. The topological polar surface area (TPSA) is 100 Å². The number of rotatable bonds is 9. The van der Waals surface area contributed by atoms with Gasteiger partial charge in [0.15, 0.2) is 5.82 Å². The van der Waals surface area contributed by atoms with Crippen molar-refractivity contribution >= 4 is 40.0 Å². The van der Waals surface area contributed by atoms with Gasteiger partial charge in [0.1, 0.15) is 11.6 Å². The van der Waals surface area contributed by atoms with Crippen molar-refractivity contribution in [2.45, 2.75) is 70.4 Å². The predicted molar refractivity (Wildman–Crippen MR) is 195 cm³/mol. The van der Waals surface area contributed by atoms with Crippen LogP contribution in [0.15, 0.2) is 66.9 Å². The summed E-state index contributed by atoms with van der Waals surface area (Å²) in [6, 6.07) is 15.7. The van der Waals surface area contributed by atoms with E-state index in [0.717, 1.165) is 43.1 Å². The molecule has 0 bridgehead atoms. The Morgan fingerprint density at radius 3 is 2.47 bits per heavy atom. The third-order valence-electron chi connectivity index (χ3n) is 10.4. The highest BCUT2D eigenvalue weighted by Crippen LogP contribution is 2.37. The summed E-state index contributed by atoms with van der Waals surface area (Å²) < 4.78 is 57.0. The van der Waals surface area contributed by atoms with E-state index in [2.05, 4.69) is 30.7 Å². The average Bonchev–Trinajstić information content (AvgIpc) is 3.14. The van der Waals surface area contributed by atoms with Crippen molar-refractivity contribution in [1.29, 1.82) is 0 Å². The van der Waals surface area contributed by atoms with Crippen LogP contribution in [0.1, 0.15) is 90.4 Å². The number of carbonyl (C=O) groups excluding carboxylic acids is 2. The number of imide groups is 1. The number of hydrogen-bond acceptors (Lipinski definition) is 7. The van der Waals surface area contributed by atoms with Gasteiger partial charge in [-0.05, 0) is 93.6 Å². The van der Waals surface area contributed by atoms with Gasteiger partial charge in [0.25, 0.3) is 6.43 Å². The molecule has 0 saturated carbocycles. The number of anilines is 1. The van der Waals surface area contributed by atoms with E-state index in [-0.39, 0.29) is 29.1 Å². The van der Waals surface area contributed by atoms with Crippen LogP contribution in [-0.2, 0) is 16.1 Å². The van der Waals surface area contributed by atoms with Gasteiger partial charge in [0.05, 0.1) is 28.9 Å². The van der Waals surface area contributed by atoms with Crippen molar-refractivity contribution in [3.05, 3.63) is 117 Å². The van der Waals surface area contributed by atoms with Gasteiger partial charge in [-0.3, -0.25) is 24.8 Å². The Kier molecular flexibility index (Phi) is 10.4. The second-order valence-electron chi connectivity index (χ2n) is 13.8. The van der Waals surface area contributed by atoms with Crippen molar-refractivity contribution in [3.8, 4) is 11.3 Å². The number of hydrogen-bond donors (Lipinski definition) is 2. The minimum atomic E-state index is -2.94. The van der Waals surface area contributed by atoms with Crippen LogP contribution in [0, 0.1) is 18.6 Å². The molecule has 2 unspecified atom stereocenters. The van der Waals surface area contributed by atoms with Gasteiger partial charge in [-0.1, -0.05) is 41.9 Å². The molecule has 0 radical (unpaired) electrons. The maximum atomic E-state index is 15.2. The van der Waals surface area contributed by atoms with Crippen molar-refractivity contribution in [1.82, 2.24) is 25.4 Å². The highest BCUT2D eigenvalue weighted by atomic mass is 35.5. The number of likely N-dealkylation sites (tertiary alicyclic amines) is 1. The van der Waals surface area contributed by atoms with Crippen LogP contribution in [0.4, 0.5) is 23.4 Å². The quantitative estimate of drug-likeness (QED) is 0.115. The molecule has 2 fully saturated rings. The van der Waals surface area contributed by atoms with Crippen LogP contribution in [0.2, 0.25) is 5.02 Å². The number of carbonyl (C=O) groups is 2. The van der Waals surface area contributed by atoms with Gasteiger partial charge < -0.3 is 5.32 Å². The smallest absolute Gasteiger partial charge is 0.266 e. The van der Waals surface area contributed by atoms with Crippen molar-refractivity contribution in [3.63, 3.8) is 0 Å². The second-order valence-corrected chi connectivity index (χ2v) is 14.2. The number of fused-ring (bicyclic) bond motifs is 1. The van der Waals surface area contributed by atoms with E-state index in [9.17, 15) is 22.8 Å². The third kappa shape index (κ3) is 7.61. The summed E-state index contributed by atoms with van der Waals surface area (Å²) >= 11 is 6.73. The molecule has 2 aliphatic rings. The van der Waals surface area contributed by atoms with Crippen molar-refractivity contribution in [2.24, 2.45) is 0 Å². The van der Waals surface area contributed by atoms with Crippen molar-refractivity contribution in [2.75, 3.05) is 18.4 Å². The predicted octanol–water partition coefficient (Wildman–Crippen LogP) is 8.94. The van der Waals surface area contributed by atoms with E-state index in [1.165, 1.54) is 18.2 Å². The Labute approximate surface area is 309 Å². The summed E-state index contributed by atoms with van der Waals surface area (Å²) in [7, 11) is 0. The van der Waals surface area contributed by atoms with Crippen molar-refractivity contribution < 1.29 is 27.2 Å². The molecule has 2 saturated heterocycles. The van der Waals surface area contributed by atoms with E-state index in [4.69, 9.17) is 11.6 Å². The molecule has 53 heavy (non-hydrogen) atoms. The number of alkyl halides is 2. The van der Waals surface area contributed by atoms with Crippen LogP contribution >= 0.6 is 11.6 Å². The largest absolute Gasteiger partial charge is 0.361 e. The molecule has 4 heterocycles. The molecule has 274 valence electrons. The summed E-state index contributed by atoms with van der Waals surface area (Å²) in [6.45, 7) is 5.33. The first-order chi connectivity index (χ1) is 25.5. The summed E-state index contributed by atoms with van der Waals surface area (Å²) in [5.41, 5.74) is 3.65. The monoisotopic (exact) mass is 744 g/mol. The molecule has 2 N–H and O–H groups in total. The highest BCUT2D eigenvalue weighted by Gasteiger charge is 2.30. The molecule has 2 atom stereocenters. The molecule has 2 aromatic heterocycles. The lowest BCUT2D eigenvalue weighted by Gasteiger charge is -2.33. The molecule has 2 aliphatic heterocycles. The van der Waals surface area contributed by atoms with E-state index >= 15 is 4.39 Å². The van der Waals surface area contributed by atoms with E-state index < -0.39 is 29.8 Å². The normalized spacial score (nSPS) is 17.7. The van der Waals surface area contributed by atoms with E-state index in [0.29, 0.717) is 63.5 Å². The lowest BCUT2D eigenvalue weighted by molar-refractivity contribution is -0.134. The minimum absolute atomic E-state index is 0.0746. The first kappa shape index (κ1) is 36.4. The van der Waals surface area contributed by atoms with Gasteiger partial charge in [-0.15, -0.1) is 5.10 Å². The molecule has 0 spiro atoms. The zero-order valence-corrected chi connectivity index (χ0v) is 29.9. The zero-order chi connectivity index (χ0) is 37.4. The Bertz CT molecular complexity index is 2210. The molecule has 7 rings (SSSR count). The molecule has 5 aromatic rings. The van der Waals surface area contributed by atoms with Gasteiger partial charge in [-0.2, -0.15) is 5.10 Å². The van der Waals surface area contributed by atoms with Crippen LogP contribution in [0.25, 0.3) is 22.0 Å². The fourth-order valence-corrected chi connectivity index (χ4v) is 7.74. The fraction of sp³-hybridized carbons (Fsp3) is 0.325. The summed E-state index contributed by atoms with van der Waals surface area (Å²) in [5, 5.41) is 16.0. The SMILES string of the molecule is Cc1nnc(NC(C)c2cccc(C(F)F)c2F)c2cc(-c3ccc(F)c(CN4CCC(c5ccc(C6CCC(=O)NC6=O)cc5Cl)CC4)c3)ncc12. The van der Waals surface area contributed by atoms with Gasteiger partial charge in [0.2, 0.25) is 11.8 Å². The number of amides is 2. The van der Waals surface area contributed by atoms with Gasteiger partial charge in [0, 0.05) is 51.6 Å². The lowest BCUT2D eigenvalue weighted by atomic mass is 9.85.